The topological polar surface area (TPSA) is 32.8 Å². The van der Waals surface area contributed by atoms with E-state index in [4.69, 9.17) is 4.74 Å². The number of benzene rings is 1. The zero-order valence-electron chi connectivity index (χ0n) is 16.0. The summed E-state index contributed by atoms with van der Waals surface area (Å²) >= 11 is 0. The number of aryl methyl sites for hydroxylation is 2. The molecule has 25 heavy (non-hydrogen) atoms. The van der Waals surface area contributed by atoms with Gasteiger partial charge in [0.1, 0.15) is 0 Å². The summed E-state index contributed by atoms with van der Waals surface area (Å²) in [6.07, 6.45) is 4.33. The third kappa shape index (κ3) is 4.62. The van der Waals surface area contributed by atoms with Gasteiger partial charge in [-0.1, -0.05) is 23.8 Å². The predicted octanol–water partition coefficient (Wildman–Crippen LogP) is 3.47. The van der Waals surface area contributed by atoms with Crippen molar-refractivity contribution >= 4 is 5.91 Å². The lowest BCUT2D eigenvalue weighted by atomic mass is 9.98. The summed E-state index contributed by atoms with van der Waals surface area (Å²) in [6.45, 7) is 10.8. The van der Waals surface area contributed by atoms with Crippen molar-refractivity contribution in [3.8, 4) is 0 Å². The standard InChI is InChI=1S/C21H32N2O2/c1-16-7-8-17(2)19(13-16)20-14-23(18(3)15-25-20)12-9-21(24)22-10-5-4-6-11-22/h7-8,13,18,20H,4-6,9-12,14-15H2,1-3H3/t18-,20+/m1/s1. The first-order valence-electron chi connectivity index (χ1n) is 9.75. The summed E-state index contributed by atoms with van der Waals surface area (Å²) in [7, 11) is 0. The highest BCUT2D eigenvalue weighted by molar-refractivity contribution is 5.76. The maximum Gasteiger partial charge on any atom is 0.223 e. The number of ether oxygens (including phenoxy) is 1. The van der Waals surface area contributed by atoms with Crippen molar-refractivity contribution < 1.29 is 9.53 Å². The van der Waals surface area contributed by atoms with E-state index in [2.05, 4.69) is 48.8 Å². The first-order chi connectivity index (χ1) is 12.0. The minimum absolute atomic E-state index is 0.112. The molecule has 0 aliphatic carbocycles. The highest BCUT2D eigenvalue weighted by Crippen LogP contribution is 2.28. The largest absolute Gasteiger partial charge is 0.371 e. The molecule has 3 rings (SSSR count). The molecule has 4 nitrogen and oxygen atoms in total. The number of piperidine rings is 1. The molecule has 0 bridgehead atoms. The van der Waals surface area contributed by atoms with Crippen LogP contribution in [0.3, 0.4) is 0 Å². The number of rotatable bonds is 4. The van der Waals surface area contributed by atoms with Crippen molar-refractivity contribution in [2.75, 3.05) is 32.8 Å². The minimum atomic E-state index is 0.112. The Kier molecular flexibility index (Phi) is 6.13. The molecule has 4 heteroatoms. The molecule has 0 unspecified atom stereocenters. The van der Waals surface area contributed by atoms with E-state index in [1.807, 2.05) is 0 Å². The summed E-state index contributed by atoms with van der Waals surface area (Å²) in [5, 5.41) is 0. The summed E-state index contributed by atoms with van der Waals surface area (Å²) in [6, 6.07) is 6.94. The van der Waals surface area contributed by atoms with Crippen LogP contribution in [0.1, 0.15) is 55.4 Å². The highest BCUT2D eigenvalue weighted by Gasteiger charge is 2.28. The molecule has 138 valence electrons. The van der Waals surface area contributed by atoms with Gasteiger partial charge in [-0.3, -0.25) is 9.69 Å². The Labute approximate surface area is 152 Å². The summed E-state index contributed by atoms with van der Waals surface area (Å²) < 4.78 is 6.13. The molecule has 1 aromatic carbocycles. The predicted molar refractivity (Wildman–Crippen MR) is 101 cm³/mol. The normalized spacial score (nSPS) is 25.2. The first kappa shape index (κ1) is 18.4. The molecule has 2 fully saturated rings. The number of hydrogen-bond acceptors (Lipinski definition) is 3. The molecule has 1 aromatic rings. The van der Waals surface area contributed by atoms with Gasteiger partial charge in [-0.2, -0.15) is 0 Å². The van der Waals surface area contributed by atoms with Crippen LogP contribution in [0.25, 0.3) is 0 Å². The first-order valence-corrected chi connectivity index (χ1v) is 9.75. The Morgan fingerprint density at radius 2 is 1.96 bits per heavy atom. The highest BCUT2D eigenvalue weighted by atomic mass is 16.5. The lowest BCUT2D eigenvalue weighted by Gasteiger charge is -2.39. The zero-order valence-corrected chi connectivity index (χ0v) is 16.0. The van der Waals surface area contributed by atoms with Crippen LogP contribution in [0.4, 0.5) is 0 Å². The van der Waals surface area contributed by atoms with Gasteiger partial charge in [0.15, 0.2) is 0 Å². The van der Waals surface area contributed by atoms with Crippen LogP contribution in [0, 0.1) is 13.8 Å². The van der Waals surface area contributed by atoms with Crippen LogP contribution in [-0.2, 0) is 9.53 Å². The van der Waals surface area contributed by atoms with E-state index >= 15 is 0 Å². The van der Waals surface area contributed by atoms with Gasteiger partial charge in [-0.25, -0.2) is 0 Å². The molecule has 0 N–H and O–H groups in total. The van der Waals surface area contributed by atoms with Crippen molar-refractivity contribution in [3.63, 3.8) is 0 Å². The van der Waals surface area contributed by atoms with Crippen molar-refractivity contribution in [1.29, 1.82) is 0 Å². The number of morpholine rings is 1. The van der Waals surface area contributed by atoms with Gasteiger partial charge >= 0.3 is 0 Å². The van der Waals surface area contributed by atoms with Gasteiger partial charge in [0.25, 0.3) is 0 Å². The third-order valence-corrected chi connectivity index (χ3v) is 5.67. The van der Waals surface area contributed by atoms with Gasteiger partial charge in [-0.05, 0) is 51.2 Å². The lowest BCUT2D eigenvalue weighted by Crippen LogP contribution is -2.47. The molecule has 0 spiro atoms. The van der Waals surface area contributed by atoms with Crippen molar-refractivity contribution in [2.24, 2.45) is 0 Å². The van der Waals surface area contributed by atoms with Crippen LogP contribution in [0.5, 0.6) is 0 Å². The van der Waals surface area contributed by atoms with Crippen LogP contribution in [0.2, 0.25) is 0 Å². The smallest absolute Gasteiger partial charge is 0.223 e. The van der Waals surface area contributed by atoms with Crippen LogP contribution in [-0.4, -0.2) is 54.5 Å². The van der Waals surface area contributed by atoms with E-state index in [-0.39, 0.29) is 6.10 Å². The second kappa shape index (κ2) is 8.33. The van der Waals surface area contributed by atoms with Gasteiger partial charge in [0, 0.05) is 38.6 Å². The fourth-order valence-corrected chi connectivity index (χ4v) is 3.95. The third-order valence-electron chi connectivity index (χ3n) is 5.67. The van der Waals surface area contributed by atoms with Crippen LogP contribution in [0.15, 0.2) is 18.2 Å². The molecule has 0 saturated carbocycles. The Bertz CT molecular complexity index is 596. The Balaban J connectivity index is 1.59. The molecule has 2 atom stereocenters. The van der Waals surface area contributed by atoms with E-state index in [1.54, 1.807) is 0 Å². The van der Waals surface area contributed by atoms with E-state index < -0.39 is 0 Å². The second-order valence-electron chi connectivity index (χ2n) is 7.72. The fourth-order valence-electron chi connectivity index (χ4n) is 3.95. The summed E-state index contributed by atoms with van der Waals surface area (Å²) in [5.74, 6) is 0.321. The Hall–Kier alpha value is -1.39. The molecular formula is C21H32N2O2. The molecule has 2 saturated heterocycles. The fraction of sp³-hybridized carbons (Fsp3) is 0.667. The quantitative estimate of drug-likeness (QED) is 0.838. The Morgan fingerprint density at radius 3 is 2.72 bits per heavy atom. The molecule has 2 aliphatic heterocycles. The molecule has 2 aliphatic rings. The van der Waals surface area contributed by atoms with Crippen LogP contribution >= 0.6 is 0 Å². The molecule has 1 amide bonds. The molecule has 0 aromatic heterocycles. The van der Waals surface area contributed by atoms with Crippen molar-refractivity contribution in [3.05, 3.63) is 34.9 Å². The average molecular weight is 344 g/mol. The molecular weight excluding hydrogens is 312 g/mol. The number of hydrogen-bond donors (Lipinski definition) is 0. The van der Waals surface area contributed by atoms with E-state index in [0.717, 1.165) is 45.6 Å². The monoisotopic (exact) mass is 344 g/mol. The van der Waals surface area contributed by atoms with Gasteiger partial charge in [0.2, 0.25) is 5.91 Å². The zero-order chi connectivity index (χ0) is 17.8. The summed E-state index contributed by atoms with van der Waals surface area (Å²) in [4.78, 5) is 16.9. The number of carbonyl (C=O) groups is 1. The number of likely N-dealkylation sites (tertiary alicyclic amines) is 1. The second-order valence-corrected chi connectivity index (χ2v) is 7.72. The molecule has 2 heterocycles. The number of amides is 1. The van der Waals surface area contributed by atoms with E-state index in [0.29, 0.717) is 18.4 Å². The van der Waals surface area contributed by atoms with E-state index in [1.165, 1.54) is 23.1 Å². The van der Waals surface area contributed by atoms with E-state index in [9.17, 15) is 4.79 Å². The SMILES string of the molecule is Cc1ccc(C)c([C@@H]2CN(CCC(=O)N3CCCCC3)[C@H](C)CO2)c1. The van der Waals surface area contributed by atoms with Gasteiger partial charge in [-0.15, -0.1) is 0 Å². The minimum Gasteiger partial charge on any atom is -0.371 e. The maximum absolute atomic E-state index is 12.5. The summed E-state index contributed by atoms with van der Waals surface area (Å²) in [5.41, 5.74) is 3.85. The van der Waals surface area contributed by atoms with Crippen molar-refractivity contribution in [1.82, 2.24) is 9.80 Å². The van der Waals surface area contributed by atoms with Gasteiger partial charge < -0.3 is 9.64 Å². The van der Waals surface area contributed by atoms with Crippen molar-refractivity contribution in [2.45, 2.75) is 58.6 Å². The molecule has 0 radical (unpaired) electrons. The number of carbonyl (C=O) groups excluding carboxylic acids is 1. The number of nitrogens with zero attached hydrogens (tertiary/aromatic N) is 2. The average Bonchev–Trinajstić information content (AvgIpc) is 2.63. The van der Waals surface area contributed by atoms with Crippen LogP contribution < -0.4 is 0 Å². The van der Waals surface area contributed by atoms with Gasteiger partial charge in [0.05, 0.1) is 12.7 Å². The Morgan fingerprint density at radius 1 is 1.20 bits per heavy atom. The lowest BCUT2D eigenvalue weighted by molar-refractivity contribution is -0.133. The maximum atomic E-state index is 12.5.